The summed E-state index contributed by atoms with van der Waals surface area (Å²) < 4.78 is 27.9. The van der Waals surface area contributed by atoms with E-state index < -0.39 is 23.6 Å². The maximum absolute atomic E-state index is 13.7. The maximum atomic E-state index is 13.7. The number of aryl methyl sites for hydroxylation is 1. The number of halogens is 2. The first-order valence-electron chi connectivity index (χ1n) is 6.37. The molecule has 2 N–H and O–H groups in total. The van der Waals surface area contributed by atoms with E-state index in [4.69, 9.17) is 5.11 Å². The highest BCUT2D eigenvalue weighted by atomic mass is 19.1. The van der Waals surface area contributed by atoms with Crippen molar-refractivity contribution in [3.8, 4) is 5.69 Å². The lowest BCUT2D eigenvalue weighted by Crippen LogP contribution is -2.30. The number of nitrogens with zero attached hydrogens (tertiary/aromatic N) is 2. The molecular weight excluding hydrogens is 280 g/mol. The molecule has 0 saturated heterocycles. The van der Waals surface area contributed by atoms with E-state index in [2.05, 4.69) is 10.4 Å². The monoisotopic (exact) mass is 295 g/mol. The Balaban J connectivity index is 2.29. The average Bonchev–Trinajstić information content (AvgIpc) is 2.78. The van der Waals surface area contributed by atoms with E-state index >= 15 is 0 Å². The van der Waals surface area contributed by atoms with Crippen LogP contribution in [-0.4, -0.2) is 33.4 Å². The molecule has 2 rings (SSSR count). The number of hydrogen-bond donors (Lipinski definition) is 2. The van der Waals surface area contributed by atoms with Gasteiger partial charge < -0.3 is 10.4 Å². The van der Waals surface area contributed by atoms with E-state index in [1.807, 2.05) is 0 Å². The number of nitrogens with one attached hydrogen (secondary N) is 1. The Labute approximate surface area is 120 Å². The van der Waals surface area contributed by atoms with Crippen molar-refractivity contribution in [2.45, 2.75) is 20.0 Å². The Bertz CT molecular complexity index is 668. The number of rotatable bonds is 4. The van der Waals surface area contributed by atoms with Crippen LogP contribution in [0.4, 0.5) is 8.78 Å². The van der Waals surface area contributed by atoms with E-state index in [0.717, 1.165) is 12.1 Å². The Morgan fingerprint density at radius 3 is 2.76 bits per heavy atom. The van der Waals surface area contributed by atoms with Gasteiger partial charge in [-0.1, -0.05) is 0 Å². The fourth-order valence-corrected chi connectivity index (χ4v) is 1.81. The summed E-state index contributed by atoms with van der Waals surface area (Å²) in [7, 11) is 0. The van der Waals surface area contributed by atoms with E-state index in [9.17, 15) is 13.6 Å². The third kappa shape index (κ3) is 3.43. The van der Waals surface area contributed by atoms with E-state index in [1.54, 1.807) is 6.92 Å². The second-order valence-corrected chi connectivity index (χ2v) is 4.74. The summed E-state index contributed by atoms with van der Waals surface area (Å²) >= 11 is 0. The number of benzene rings is 1. The van der Waals surface area contributed by atoms with Crippen LogP contribution >= 0.6 is 0 Å². The van der Waals surface area contributed by atoms with Crippen LogP contribution in [0.2, 0.25) is 0 Å². The Morgan fingerprint density at radius 2 is 2.14 bits per heavy atom. The lowest BCUT2D eigenvalue weighted by atomic mass is 10.3. The molecule has 1 aromatic carbocycles. The summed E-state index contributed by atoms with van der Waals surface area (Å²) in [5, 5.41) is 15.6. The van der Waals surface area contributed by atoms with E-state index in [-0.39, 0.29) is 17.9 Å². The lowest BCUT2D eigenvalue weighted by Gasteiger charge is -2.06. The van der Waals surface area contributed by atoms with Crippen molar-refractivity contribution in [1.29, 1.82) is 0 Å². The molecule has 0 bridgehead atoms. The van der Waals surface area contributed by atoms with Gasteiger partial charge in [0.2, 0.25) is 0 Å². The molecule has 112 valence electrons. The van der Waals surface area contributed by atoms with Crippen LogP contribution in [0.3, 0.4) is 0 Å². The van der Waals surface area contributed by atoms with Crippen molar-refractivity contribution in [2.24, 2.45) is 0 Å². The first kappa shape index (κ1) is 15.1. The Hall–Kier alpha value is -2.28. The van der Waals surface area contributed by atoms with Crippen molar-refractivity contribution in [3.63, 3.8) is 0 Å². The molecule has 1 amide bonds. The molecular formula is C14H15F2N3O2. The minimum absolute atomic E-state index is 0.0588. The fraction of sp³-hybridized carbons (Fsp3) is 0.286. The SMILES string of the molecule is Cc1cc(C(=O)NCC(C)O)nn1-c1ccc(F)cc1F. The van der Waals surface area contributed by atoms with Crippen molar-refractivity contribution in [2.75, 3.05) is 6.54 Å². The molecule has 0 aliphatic carbocycles. The van der Waals surface area contributed by atoms with Gasteiger partial charge in [-0.05, 0) is 32.0 Å². The van der Waals surface area contributed by atoms with Gasteiger partial charge in [-0.25, -0.2) is 13.5 Å². The van der Waals surface area contributed by atoms with Gasteiger partial charge in [0, 0.05) is 18.3 Å². The molecule has 0 radical (unpaired) electrons. The van der Waals surface area contributed by atoms with Gasteiger partial charge in [-0.3, -0.25) is 4.79 Å². The number of hydrogen-bond acceptors (Lipinski definition) is 3. The van der Waals surface area contributed by atoms with Crippen molar-refractivity contribution < 1.29 is 18.7 Å². The Morgan fingerprint density at radius 1 is 1.43 bits per heavy atom. The highest BCUT2D eigenvalue weighted by Gasteiger charge is 2.15. The van der Waals surface area contributed by atoms with E-state index in [1.165, 1.54) is 23.7 Å². The minimum atomic E-state index is -0.767. The van der Waals surface area contributed by atoms with E-state index in [0.29, 0.717) is 5.69 Å². The van der Waals surface area contributed by atoms with Crippen molar-refractivity contribution in [3.05, 3.63) is 47.3 Å². The molecule has 1 atom stereocenters. The van der Waals surface area contributed by atoms with Gasteiger partial charge in [0.15, 0.2) is 11.5 Å². The molecule has 0 fully saturated rings. The first-order chi connectivity index (χ1) is 9.88. The second-order valence-electron chi connectivity index (χ2n) is 4.74. The molecule has 7 heteroatoms. The van der Waals surface area contributed by atoms with Gasteiger partial charge in [0.05, 0.1) is 6.10 Å². The van der Waals surface area contributed by atoms with Crippen LogP contribution in [0.1, 0.15) is 23.1 Å². The summed E-state index contributed by atoms with van der Waals surface area (Å²) in [6, 6.07) is 4.61. The topological polar surface area (TPSA) is 67.2 Å². The summed E-state index contributed by atoms with van der Waals surface area (Å²) in [5.41, 5.74) is 0.683. The van der Waals surface area contributed by atoms with Gasteiger partial charge >= 0.3 is 0 Å². The molecule has 0 saturated carbocycles. The highest BCUT2D eigenvalue weighted by molar-refractivity contribution is 5.92. The fourth-order valence-electron chi connectivity index (χ4n) is 1.81. The molecule has 0 aliphatic rings. The number of aliphatic hydroxyl groups is 1. The van der Waals surface area contributed by atoms with Crippen LogP contribution in [0.25, 0.3) is 5.69 Å². The smallest absolute Gasteiger partial charge is 0.271 e. The van der Waals surface area contributed by atoms with Gasteiger partial charge in [0.25, 0.3) is 5.91 Å². The van der Waals surface area contributed by atoms with Crippen molar-refractivity contribution in [1.82, 2.24) is 15.1 Å². The van der Waals surface area contributed by atoms with Gasteiger partial charge in [-0.15, -0.1) is 0 Å². The van der Waals surface area contributed by atoms with Crippen LogP contribution < -0.4 is 5.32 Å². The molecule has 21 heavy (non-hydrogen) atoms. The molecule has 0 spiro atoms. The minimum Gasteiger partial charge on any atom is -0.392 e. The molecule has 1 heterocycles. The predicted molar refractivity (Wildman–Crippen MR) is 72.2 cm³/mol. The first-order valence-corrected chi connectivity index (χ1v) is 6.37. The average molecular weight is 295 g/mol. The molecule has 0 aliphatic heterocycles. The van der Waals surface area contributed by atoms with Gasteiger partial charge in [0.1, 0.15) is 11.5 Å². The zero-order valence-electron chi connectivity index (χ0n) is 11.6. The maximum Gasteiger partial charge on any atom is 0.271 e. The normalized spacial score (nSPS) is 12.2. The second kappa shape index (κ2) is 6.01. The molecule has 5 nitrogen and oxygen atoms in total. The van der Waals surface area contributed by atoms with Crippen molar-refractivity contribution >= 4 is 5.91 Å². The Kier molecular flexibility index (Phi) is 4.32. The number of carbonyl (C=O) groups is 1. The number of amides is 1. The largest absolute Gasteiger partial charge is 0.392 e. The summed E-state index contributed by atoms with van der Waals surface area (Å²) in [6.07, 6.45) is -0.674. The van der Waals surface area contributed by atoms with Crippen LogP contribution in [0.15, 0.2) is 24.3 Å². The number of aromatic nitrogens is 2. The molecule has 1 aromatic heterocycles. The lowest BCUT2D eigenvalue weighted by molar-refractivity contribution is 0.0918. The summed E-state index contributed by atoms with van der Waals surface area (Å²) in [6.45, 7) is 3.29. The molecule has 2 aromatic rings. The highest BCUT2D eigenvalue weighted by Crippen LogP contribution is 2.17. The zero-order valence-corrected chi connectivity index (χ0v) is 11.6. The zero-order chi connectivity index (χ0) is 15.6. The van der Waals surface area contributed by atoms with Gasteiger partial charge in [-0.2, -0.15) is 5.10 Å². The standard InChI is InChI=1S/C14H15F2N3O2/c1-8-5-12(14(21)17-7-9(2)20)18-19(8)13-4-3-10(15)6-11(13)16/h3-6,9,20H,7H2,1-2H3,(H,17,21). The van der Waals surface area contributed by atoms with Crippen LogP contribution in [-0.2, 0) is 0 Å². The quantitative estimate of drug-likeness (QED) is 0.899. The number of aliphatic hydroxyl groups excluding tert-OH is 1. The predicted octanol–water partition coefficient (Wildman–Crippen LogP) is 1.57. The third-order valence-corrected chi connectivity index (χ3v) is 2.82. The van der Waals surface area contributed by atoms with Crippen LogP contribution in [0, 0.1) is 18.6 Å². The molecule has 1 unspecified atom stereocenters. The third-order valence-electron chi connectivity index (χ3n) is 2.82. The summed E-state index contributed by atoms with van der Waals surface area (Å²) in [5.74, 6) is -1.92. The number of carbonyl (C=O) groups excluding carboxylic acids is 1. The van der Waals surface area contributed by atoms with Crippen LogP contribution in [0.5, 0.6) is 0 Å². The summed E-state index contributed by atoms with van der Waals surface area (Å²) in [4.78, 5) is 11.8.